The smallest absolute Gasteiger partial charge is 0.303 e. The molecule has 0 aliphatic heterocycles. The van der Waals surface area contributed by atoms with Crippen LogP contribution in [0.3, 0.4) is 0 Å². The number of hydrogen-bond acceptors (Lipinski definition) is 1. The number of rotatable bonds is 3. The van der Waals surface area contributed by atoms with Crippen LogP contribution in [0, 0.1) is 0 Å². The molecule has 3 heteroatoms. The molecule has 0 atom stereocenters. The van der Waals surface area contributed by atoms with Gasteiger partial charge in [0.2, 0.25) is 0 Å². The van der Waals surface area contributed by atoms with E-state index in [0.717, 1.165) is 12.8 Å². The molecule has 0 saturated heterocycles. The van der Waals surface area contributed by atoms with E-state index in [0.29, 0.717) is 6.42 Å². The summed E-state index contributed by atoms with van der Waals surface area (Å²) in [5.74, 6) is -0.693. The Bertz CT molecular complexity index is 63.4. The van der Waals surface area contributed by atoms with Gasteiger partial charge < -0.3 is 5.11 Å². The molecule has 43 valence electrons. The first-order valence-corrected chi connectivity index (χ1v) is 2.49. The summed E-state index contributed by atoms with van der Waals surface area (Å²) in [4.78, 5) is 9.76. The third kappa shape index (κ3) is 9.42. The maximum absolute atomic E-state index is 9.76. The van der Waals surface area contributed by atoms with Crippen molar-refractivity contribution in [1.82, 2.24) is 0 Å². The average Bonchev–Trinajstić information content (AvgIpc) is 1.61. The molecule has 0 rings (SSSR count). The fraction of sp³-hybridized carbons (Fsp3) is 0.800. The van der Waals surface area contributed by atoms with E-state index < -0.39 is 5.97 Å². The second-order valence-corrected chi connectivity index (χ2v) is 1.50. The standard InChI is InChI=1S/C5H10O2.Li/c1-2-3-4-5(6)7;/h2-4H2,1H3,(H,6,7);. The Morgan fingerprint density at radius 2 is 2.12 bits per heavy atom. The summed E-state index contributed by atoms with van der Waals surface area (Å²) in [6.45, 7) is 1.98. The van der Waals surface area contributed by atoms with Crippen LogP contribution in [0.25, 0.3) is 0 Å². The Morgan fingerprint density at radius 1 is 1.62 bits per heavy atom. The van der Waals surface area contributed by atoms with Gasteiger partial charge in [0, 0.05) is 25.3 Å². The fourth-order valence-corrected chi connectivity index (χ4v) is 0.328. The molecule has 0 fully saturated rings. The number of aliphatic carboxylic acids is 1. The summed E-state index contributed by atoms with van der Waals surface area (Å²) in [5, 5.41) is 8.04. The quantitative estimate of drug-likeness (QED) is 0.546. The topological polar surface area (TPSA) is 37.3 Å². The number of hydrogen-bond donors (Lipinski definition) is 1. The fourth-order valence-electron chi connectivity index (χ4n) is 0.328. The van der Waals surface area contributed by atoms with Crippen molar-refractivity contribution >= 4 is 24.8 Å². The van der Waals surface area contributed by atoms with Gasteiger partial charge in [-0.2, -0.15) is 0 Å². The Kier molecular flexibility index (Phi) is 9.67. The van der Waals surface area contributed by atoms with Gasteiger partial charge in [0.05, 0.1) is 0 Å². The molecule has 0 saturated carbocycles. The maximum Gasteiger partial charge on any atom is 0.303 e. The predicted molar refractivity (Wildman–Crippen MR) is 32.9 cm³/mol. The van der Waals surface area contributed by atoms with E-state index in [1.807, 2.05) is 6.92 Å². The minimum absolute atomic E-state index is 0. The second-order valence-electron chi connectivity index (χ2n) is 1.50. The molecular weight excluding hydrogens is 99.0 g/mol. The van der Waals surface area contributed by atoms with Gasteiger partial charge in [-0.3, -0.25) is 4.79 Å². The summed E-state index contributed by atoms with van der Waals surface area (Å²) in [6.07, 6.45) is 2.08. The Balaban J connectivity index is 0. The molecule has 0 unspecified atom stereocenters. The molecule has 8 heavy (non-hydrogen) atoms. The minimum Gasteiger partial charge on any atom is -0.481 e. The Morgan fingerprint density at radius 3 is 2.25 bits per heavy atom. The van der Waals surface area contributed by atoms with E-state index >= 15 is 0 Å². The normalized spacial score (nSPS) is 7.62. The van der Waals surface area contributed by atoms with Crippen molar-refractivity contribution in [3.8, 4) is 0 Å². The summed E-state index contributed by atoms with van der Waals surface area (Å²) in [7, 11) is 0. The zero-order valence-corrected chi connectivity index (χ0v) is 5.48. The number of carboxylic acid groups (broad SMARTS) is 1. The van der Waals surface area contributed by atoms with Gasteiger partial charge in [0.1, 0.15) is 0 Å². The Labute approximate surface area is 61.5 Å². The molecule has 0 aliphatic rings. The first-order chi connectivity index (χ1) is 3.27. The first kappa shape index (κ1) is 10.9. The SMILES string of the molecule is CCCCC(=O)O.[Li]. The molecule has 0 aromatic heterocycles. The largest absolute Gasteiger partial charge is 0.481 e. The van der Waals surface area contributed by atoms with Crippen molar-refractivity contribution in [2.24, 2.45) is 0 Å². The van der Waals surface area contributed by atoms with Gasteiger partial charge in [0.15, 0.2) is 0 Å². The van der Waals surface area contributed by atoms with Crippen LogP contribution in [0.1, 0.15) is 26.2 Å². The molecule has 0 aliphatic carbocycles. The van der Waals surface area contributed by atoms with Gasteiger partial charge in [-0.25, -0.2) is 0 Å². The van der Waals surface area contributed by atoms with E-state index in [1.165, 1.54) is 0 Å². The zero-order chi connectivity index (χ0) is 5.70. The monoisotopic (exact) mass is 109 g/mol. The van der Waals surface area contributed by atoms with Crippen LogP contribution in [-0.4, -0.2) is 29.9 Å². The summed E-state index contributed by atoms with van der Waals surface area (Å²) in [5.41, 5.74) is 0. The zero-order valence-electron chi connectivity index (χ0n) is 5.48. The molecule has 2 nitrogen and oxygen atoms in total. The van der Waals surface area contributed by atoms with Crippen LogP contribution in [-0.2, 0) is 4.79 Å². The van der Waals surface area contributed by atoms with Crippen LogP contribution in [0.2, 0.25) is 0 Å². The number of unbranched alkanes of at least 4 members (excludes halogenated alkanes) is 1. The van der Waals surface area contributed by atoms with E-state index in [9.17, 15) is 4.79 Å². The summed E-state index contributed by atoms with van der Waals surface area (Å²) < 4.78 is 0. The first-order valence-electron chi connectivity index (χ1n) is 2.49. The van der Waals surface area contributed by atoms with Crippen LogP contribution >= 0.6 is 0 Å². The van der Waals surface area contributed by atoms with Crippen LogP contribution in [0.15, 0.2) is 0 Å². The van der Waals surface area contributed by atoms with E-state index in [2.05, 4.69) is 0 Å². The van der Waals surface area contributed by atoms with Gasteiger partial charge in [0.25, 0.3) is 0 Å². The van der Waals surface area contributed by atoms with Crippen LogP contribution in [0.4, 0.5) is 0 Å². The third-order valence-electron chi connectivity index (χ3n) is 0.744. The van der Waals surface area contributed by atoms with Crippen molar-refractivity contribution in [2.45, 2.75) is 26.2 Å². The van der Waals surface area contributed by atoms with Crippen molar-refractivity contribution in [3.05, 3.63) is 0 Å². The number of carbonyl (C=O) groups is 1. The molecule has 0 aromatic rings. The molecule has 0 spiro atoms. The second kappa shape index (κ2) is 7.07. The molecule has 1 radical (unpaired) electrons. The van der Waals surface area contributed by atoms with E-state index in [1.54, 1.807) is 0 Å². The third-order valence-corrected chi connectivity index (χ3v) is 0.744. The van der Waals surface area contributed by atoms with Crippen LogP contribution in [0.5, 0.6) is 0 Å². The maximum atomic E-state index is 9.76. The van der Waals surface area contributed by atoms with Gasteiger partial charge >= 0.3 is 5.97 Å². The summed E-state index contributed by atoms with van der Waals surface area (Å²) in [6, 6.07) is 0. The summed E-state index contributed by atoms with van der Waals surface area (Å²) >= 11 is 0. The molecule has 0 amide bonds. The van der Waals surface area contributed by atoms with Gasteiger partial charge in [-0.05, 0) is 6.42 Å². The number of carboxylic acids is 1. The predicted octanol–water partition coefficient (Wildman–Crippen LogP) is 0.880. The molecule has 1 N–H and O–H groups in total. The molecule has 0 aromatic carbocycles. The van der Waals surface area contributed by atoms with Crippen molar-refractivity contribution in [3.63, 3.8) is 0 Å². The van der Waals surface area contributed by atoms with E-state index in [4.69, 9.17) is 5.11 Å². The average molecular weight is 109 g/mol. The van der Waals surface area contributed by atoms with E-state index in [-0.39, 0.29) is 18.9 Å². The van der Waals surface area contributed by atoms with Gasteiger partial charge in [-0.15, -0.1) is 0 Å². The van der Waals surface area contributed by atoms with Crippen molar-refractivity contribution < 1.29 is 9.90 Å². The van der Waals surface area contributed by atoms with Crippen LogP contribution < -0.4 is 0 Å². The van der Waals surface area contributed by atoms with Gasteiger partial charge in [-0.1, -0.05) is 13.3 Å². The molecular formula is C5H10LiO2. The Hall–Kier alpha value is 0.0674. The van der Waals surface area contributed by atoms with Crippen molar-refractivity contribution in [1.29, 1.82) is 0 Å². The minimum atomic E-state index is -0.693. The molecule has 0 bridgehead atoms. The van der Waals surface area contributed by atoms with Crippen molar-refractivity contribution in [2.75, 3.05) is 0 Å². The molecule has 0 heterocycles.